The Morgan fingerprint density at radius 2 is 2.03 bits per heavy atom. The van der Waals surface area contributed by atoms with Crippen molar-refractivity contribution >= 4 is 44.8 Å². The highest BCUT2D eigenvalue weighted by atomic mass is 32.2. The molecule has 0 aromatic heterocycles. The van der Waals surface area contributed by atoms with Crippen LogP contribution >= 0.6 is 11.8 Å². The fraction of sp³-hybridized carbons (Fsp3) is 0.300. The quantitative estimate of drug-likeness (QED) is 0.747. The van der Waals surface area contributed by atoms with E-state index in [4.69, 9.17) is 0 Å². The first-order valence-corrected chi connectivity index (χ1v) is 11.7. The Morgan fingerprint density at radius 1 is 1.28 bits per heavy atom. The fourth-order valence-electron chi connectivity index (χ4n) is 2.80. The highest BCUT2D eigenvalue weighted by Gasteiger charge is 2.23. The van der Waals surface area contributed by atoms with Gasteiger partial charge in [-0.2, -0.15) is 0 Å². The number of rotatable bonds is 5. The largest absolute Gasteiger partial charge is 0.326 e. The summed E-state index contributed by atoms with van der Waals surface area (Å²) in [4.78, 5) is 25.0. The molecular formula is C20H21FN2O4S2. The number of carbonyl (C=O) groups excluding carboxylic acids is 2. The predicted octanol–water partition coefficient (Wildman–Crippen LogP) is 3.62. The topological polar surface area (TPSA) is 92.3 Å². The molecule has 0 saturated carbocycles. The molecule has 1 atom stereocenters. The minimum atomic E-state index is -3.72. The summed E-state index contributed by atoms with van der Waals surface area (Å²) in [6.07, 6.45) is -0.242. The van der Waals surface area contributed by atoms with Crippen molar-refractivity contribution in [1.29, 1.82) is 0 Å². The number of carbonyl (C=O) groups is 2. The number of fused-ring (bicyclic) bond motifs is 1. The highest BCUT2D eigenvalue weighted by Crippen LogP contribution is 2.34. The van der Waals surface area contributed by atoms with Gasteiger partial charge >= 0.3 is 0 Å². The Morgan fingerprint density at radius 3 is 2.76 bits per heavy atom. The second-order valence-electron chi connectivity index (χ2n) is 6.94. The van der Waals surface area contributed by atoms with Gasteiger partial charge in [0.15, 0.2) is 9.84 Å². The summed E-state index contributed by atoms with van der Waals surface area (Å²) in [7, 11) is -3.72. The van der Waals surface area contributed by atoms with Gasteiger partial charge in [0.2, 0.25) is 11.8 Å². The van der Waals surface area contributed by atoms with Crippen LogP contribution in [0.25, 0.3) is 0 Å². The van der Waals surface area contributed by atoms with E-state index in [-0.39, 0.29) is 28.9 Å². The van der Waals surface area contributed by atoms with Crippen molar-refractivity contribution in [2.75, 3.05) is 22.1 Å². The maximum atomic E-state index is 13.1. The molecule has 0 saturated heterocycles. The van der Waals surface area contributed by atoms with E-state index >= 15 is 0 Å². The van der Waals surface area contributed by atoms with Crippen molar-refractivity contribution in [3.63, 3.8) is 0 Å². The smallest absolute Gasteiger partial charge is 0.228 e. The molecule has 2 N–H and O–H groups in total. The Balaban J connectivity index is 1.69. The number of aryl methyl sites for hydroxylation is 1. The molecule has 1 aliphatic rings. The first-order valence-electron chi connectivity index (χ1n) is 9.02. The van der Waals surface area contributed by atoms with Gasteiger partial charge in [0.05, 0.1) is 16.3 Å². The summed E-state index contributed by atoms with van der Waals surface area (Å²) in [5, 5.41) is 5.36. The Kier molecular flexibility index (Phi) is 6.28. The van der Waals surface area contributed by atoms with Crippen LogP contribution in [0.4, 0.5) is 15.8 Å². The van der Waals surface area contributed by atoms with Crippen molar-refractivity contribution in [3.05, 3.63) is 47.8 Å². The van der Waals surface area contributed by atoms with Gasteiger partial charge in [0.1, 0.15) is 5.82 Å². The molecule has 0 bridgehead atoms. The van der Waals surface area contributed by atoms with Gasteiger partial charge in [-0.3, -0.25) is 9.59 Å². The number of sulfone groups is 1. The van der Waals surface area contributed by atoms with Crippen LogP contribution in [0.3, 0.4) is 0 Å². The van der Waals surface area contributed by atoms with Crippen molar-refractivity contribution in [2.45, 2.75) is 30.1 Å². The van der Waals surface area contributed by atoms with E-state index in [1.54, 1.807) is 13.0 Å². The average molecular weight is 437 g/mol. The number of halogens is 1. The Labute approximate surface area is 173 Å². The molecule has 154 valence electrons. The summed E-state index contributed by atoms with van der Waals surface area (Å²) in [6.45, 7) is 3.46. The minimum Gasteiger partial charge on any atom is -0.326 e. The predicted molar refractivity (Wildman–Crippen MR) is 111 cm³/mol. The van der Waals surface area contributed by atoms with E-state index in [0.29, 0.717) is 22.7 Å². The monoisotopic (exact) mass is 436 g/mol. The molecule has 29 heavy (non-hydrogen) atoms. The average Bonchev–Trinajstić information content (AvgIpc) is 2.80. The van der Waals surface area contributed by atoms with E-state index in [0.717, 1.165) is 4.90 Å². The molecule has 0 aliphatic carbocycles. The number of hydrogen-bond donors (Lipinski definition) is 2. The summed E-state index contributed by atoms with van der Waals surface area (Å²) >= 11 is 1.49. The molecule has 3 rings (SSSR count). The normalized spacial score (nSPS) is 16.5. The second kappa shape index (κ2) is 8.54. The zero-order valence-corrected chi connectivity index (χ0v) is 17.6. The molecule has 0 fully saturated rings. The first-order chi connectivity index (χ1) is 13.7. The second-order valence-corrected chi connectivity index (χ2v) is 10.1. The van der Waals surface area contributed by atoms with Crippen LogP contribution in [0.5, 0.6) is 0 Å². The lowest BCUT2D eigenvalue weighted by Crippen LogP contribution is -2.20. The van der Waals surface area contributed by atoms with Gasteiger partial charge in [-0.1, -0.05) is 6.92 Å². The summed E-state index contributed by atoms with van der Waals surface area (Å²) in [5.41, 5.74) is 1.46. The van der Waals surface area contributed by atoms with Crippen LogP contribution in [-0.2, 0) is 19.4 Å². The van der Waals surface area contributed by atoms with Gasteiger partial charge in [-0.25, -0.2) is 12.8 Å². The maximum absolute atomic E-state index is 13.1. The molecule has 1 aliphatic heterocycles. The number of hydrogen-bond acceptors (Lipinski definition) is 5. The third-order valence-corrected chi connectivity index (χ3v) is 7.61. The van der Waals surface area contributed by atoms with Crippen molar-refractivity contribution in [1.82, 2.24) is 0 Å². The van der Waals surface area contributed by atoms with Gasteiger partial charge in [-0.15, -0.1) is 11.8 Å². The highest BCUT2D eigenvalue weighted by molar-refractivity contribution is 7.99. The molecule has 0 spiro atoms. The maximum Gasteiger partial charge on any atom is 0.228 e. The van der Waals surface area contributed by atoms with Crippen LogP contribution < -0.4 is 10.6 Å². The SMILES string of the molecule is Cc1cc(F)ccc1NC(=O)CCS(=O)(=O)c1ccc2c(c1)NC(=O)[C@H](C)CS2. The number of nitrogens with one attached hydrogen (secondary N) is 2. The van der Waals surface area contributed by atoms with Gasteiger partial charge < -0.3 is 10.6 Å². The fourth-order valence-corrected chi connectivity index (χ4v) is 5.07. The number of thioether (sulfide) groups is 1. The van der Waals surface area contributed by atoms with Crippen LogP contribution in [0, 0.1) is 18.7 Å². The molecule has 0 unspecified atom stereocenters. The lowest BCUT2D eigenvalue weighted by molar-refractivity contribution is -0.118. The number of amides is 2. The van der Waals surface area contributed by atoms with Crippen molar-refractivity contribution in [2.24, 2.45) is 5.92 Å². The zero-order valence-electron chi connectivity index (χ0n) is 16.0. The van der Waals surface area contributed by atoms with Crippen molar-refractivity contribution < 1.29 is 22.4 Å². The lowest BCUT2D eigenvalue weighted by Gasteiger charge is -2.11. The molecule has 6 nitrogen and oxygen atoms in total. The van der Waals surface area contributed by atoms with E-state index in [9.17, 15) is 22.4 Å². The van der Waals surface area contributed by atoms with Crippen LogP contribution in [0.15, 0.2) is 46.2 Å². The van der Waals surface area contributed by atoms with Crippen LogP contribution in [0.2, 0.25) is 0 Å². The van der Waals surface area contributed by atoms with E-state index in [1.165, 1.54) is 42.1 Å². The number of benzene rings is 2. The third kappa shape index (κ3) is 5.16. The minimum absolute atomic E-state index is 0.0532. The Hall–Kier alpha value is -2.39. The molecule has 2 amide bonds. The standard InChI is InChI=1S/C20H21FN2O4S2/c1-12-9-14(21)3-5-16(12)22-19(24)7-8-29(26,27)15-4-6-18-17(10-15)23-20(25)13(2)11-28-18/h3-6,9-10,13H,7-8,11H2,1-2H3,(H,22,24)(H,23,25)/t13-/m1/s1. The Bertz CT molecular complexity index is 1070. The van der Waals surface area contributed by atoms with Crippen LogP contribution in [-0.4, -0.2) is 31.7 Å². The summed E-state index contributed by atoms with van der Waals surface area (Å²) < 4.78 is 38.5. The van der Waals surface area contributed by atoms with Gasteiger partial charge in [-0.05, 0) is 48.9 Å². The molecular weight excluding hydrogens is 415 g/mol. The van der Waals surface area contributed by atoms with Crippen molar-refractivity contribution in [3.8, 4) is 0 Å². The summed E-state index contributed by atoms with van der Waals surface area (Å²) in [6, 6.07) is 8.55. The number of anilines is 2. The van der Waals surface area contributed by atoms with Gasteiger partial charge in [0, 0.05) is 28.7 Å². The van der Waals surface area contributed by atoms with E-state index in [2.05, 4.69) is 10.6 Å². The third-order valence-electron chi connectivity index (χ3n) is 4.56. The zero-order chi connectivity index (χ0) is 21.2. The lowest BCUT2D eigenvalue weighted by atomic mass is 10.2. The van der Waals surface area contributed by atoms with Gasteiger partial charge in [0.25, 0.3) is 0 Å². The van der Waals surface area contributed by atoms with Crippen LogP contribution in [0.1, 0.15) is 18.9 Å². The molecule has 2 aromatic carbocycles. The molecule has 9 heteroatoms. The first kappa shape index (κ1) is 21.3. The van der Waals surface area contributed by atoms with E-state index in [1.807, 2.05) is 6.92 Å². The van der Waals surface area contributed by atoms with E-state index < -0.39 is 21.6 Å². The molecule has 1 heterocycles. The molecule has 0 radical (unpaired) electrons. The summed E-state index contributed by atoms with van der Waals surface area (Å²) in [5.74, 6) is -0.976. The molecule has 2 aromatic rings.